The highest BCUT2D eigenvalue weighted by atomic mass is 15.3. The molecular weight excluding hydrogens is 224 g/mol. The van der Waals surface area contributed by atoms with Crippen LogP contribution in [0.4, 0.5) is 0 Å². The van der Waals surface area contributed by atoms with E-state index in [1.165, 1.54) is 18.7 Å². The van der Waals surface area contributed by atoms with Gasteiger partial charge in [0.05, 0.1) is 6.54 Å². The molecule has 102 valence electrons. The first kappa shape index (κ1) is 13.6. The molecule has 0 bridgehead atoms. The van der Waals surface area contributed by atoms with Gasteiger partial charge >= 0.3 is 0 Å². The summed E-state index contributed by atoms with van der Waals surface area (Å²) >= 11 is 0. The van der Waals surface area contributed by atoms with Gasteiger partial charge in [0.15, 0.2) is 0 Å². The zero-order valence-corrected chi connectivity index (χ0v) is 11.9. The summed E-state index contributed by atoms with van der Waals surface area (Å²) in [6.45, 7) is 11.1. The van der Waals surface area contributed by atoms with Crippen molar-refractivity contribution in [2.24, 2.45) is 0 Å². The predicted molar refractivity (Wildman–Crippen MR) is 74.5 cm³/mol. The molecule has 2 rings (SSSR count). The highest BCUT2D eigenvalue weighted by Gasteiger charge is 2.25. The zero-order chi connectivity index (χ0) is 13.0. The first-order valence-electron chi connectivity index (χ1n) is 7.23. The van der Waals surface area contributed by atoms with E-state index in [1.54, 1.807) is 0 Å². The molecule has 2 unspecified atom stereocenters. The molecule has 4 heteroatoms. The van der Waals surface area contributed by atoms with E-state index in [0.29, 0.717) is 12.1 Å². The number of aromatic nitrogens is 2. The van der Waals surface area contributed by atoms with Crippen molar-refractivity contribution in [3.05, 3.63) is 18.2 Å². The topological polar surface area (TPSA) is 33.1 Å². The number of hydrogen-bond donors (Lipinski definition) is 1. The minimum absolute atomic E-state index is 0.576. The van der Waals surface area contributed by atoms with Crippen LogP contribution >= 0.6 is 0 Å². The van der Waals surface area contributed by atoms with Gasteiger partial charge < -0.3 is 9.88 Å². The molecule has 1 aromatic rings. The molecule has 1 aliphatic rings. The first-order valence-corrected chi connectivity index (χ1v) is 7.23. The summed E-state index contributed by atoms with van der Waals surface area (Å²) in [5.41, 5.74) is 0. The van der Waals surface area contributed by atoms with Crippen molar-refractivity contribution < 1.29 is 0 Å². The van der Waals surface area contributed by atoms with Crippen molar-refractivity contribution >= 4 is 0 Å². The lowest BCUT2D eigenvalue weighted by molar-refractivity contribution is 0.130. The fourth-order valence-corrected chi connectivity index (χ4v) is 2.78. The van der Waals surface area contributed by atoms with Crippen molar-refractivity contribution in [2.75, 3.05) is 13.1 Å². The lowest BCUT2D eigenvalue weighted by Gasteiger charge is -2.37. The van der Waals surface area contributed by atoms with Gasteiger partial charge in [-0.05, 0) is 26.3 Å². The third-order valence-corrected chi connectivity index (χ3v) is 4.03. The number of hydrogen-bond acceptors (Lipinski definition) is 3. The molecular formula is C14H26N4. The Balaban J connectivity index is 1.95. The Morgan fingerprint density at radius 2 is 2.22 bits per heavy atom. The van der Waals surface area contributed by atoms with Gasteiger partial charge in [-0.15, -0.1) is 0 Å². The molecule has 2 atom stereocenters. The summed E-state index contributed by atoms with van der Waals surface area (Å²) in [5.74, 6) is 1.21. The second-order valence-electron chi connectivity index (χ2n) is 5.22. The van der Waals surface area contributed by atoms with E-state index in [0.717, 1.165) is 26.2 Å². The van der Waals surface area contributed by atoms with Crippen molar-refractivity contribution in [3.63, 3.8) is 0 Å². The molecule has 0 amide bonds. The molecule has 1 N–H and O–H groups in total. The minimum Gasteiger partial charge on any atom is -0.333 e. The van der Waals surface area contributed by atoms with E-state index in [1.807, 2.05) is 6.20 Å². The Labute approximate surface area is 110 Å². The van der Waals surface area contributed by atoms with Crippen LogP contribution in [0, 0.1) is 0 Å². The average molecular weight is 250 g/mol. The second kappa shape index (κ2) is 6.34. The SMILES string of the molecule is CCCNC(CC)C(C)N1CCn2ccnc2C1. The van der Waals surface area contributed by atoms with Gasteiger partial charge in [0.1, 0.15) is 5.82 Å². The van der Waals surface area contributed by atoms with Crippen LogP contribution in [-0.4, -0.2) is 39.6 Å². The van der Waals surface area contributed by atoms with Gasteiger partial charge in [-0.1, -0.05) is 13.8 Å². The molecule has 1 aromatic heterocycles. The molecule has 0 aliphatic carbocycles. The van der Waals surface area contributed by atoms with Crippen LogP contribution < -0.4 is 5.32 Å². The Hall–Kier alpha value is -0.870. The molecule has 0 saturated carbocycles. The number of nitrogens with one attached hydrogen (secondary N) is 1. The highest BCUT2D eigenvalue weighted by Crippen LogP contribution is 2.16. The Kier molecular flexibility index (Phi) is 4.78. The number of fused-ring (bicyclic) bond motifs is 1. The molecule has 0 radical (unpaired) electrons. The van der Waals surface area contributed by atoms with Crippen LogP contribution in [0.25, 0.3) is 0 Å². The van der Waals surface area contributed by atoms with Gasteiger partial charge in [0, 0.05) is 37.6 Å². The van der Waals surface area contributed by atoms with Crippen molar-refractivity contribution in [2.45, 2.75) is 58.8 Å². The van der Waals surface area contributed by atoms with Crippen LogP contribution in [0.2, 0.25) is 0 Å². The smallest absolute Gasteiger partial charge is 0.122 e. The minimum atomic E-state index is 0.576. The molecule has 0 fully saturated rings. The van der Waals surface area contributed by atoms with Crippen molar-refractivity contribution in [1.29, 1.82) is 0 Å². The molecule has 4 nitrogen and oxygen atoms in total. The van der Waals surface area contributed by atoms with E-state index in [2.05, 4.69) is 46.7 Å². The lowest BCUT2D eigenvalue weighted by atomic mass is 10.0. The third kappa shape index (κ3) is 2.93. The predicted octanol–water partition coefficient (Wildman–Crippen LogP) is 1.87. The Bertz CT molecular complexity index is 360. The summed E-state index contributed by atoms with van der Waals surface area (Å²) in [4.78, 5) is 6.99. The maximum absolute atomic E-state index is 4.44. The monoisotopic (exact) mass is 250 g/mol. The number of rotatable bonds is 6. The van der Waals surface area contributed by atoms with Crippen molar-refractivity contribution in [3.8, 4) is 0 Å². The maximum atomic E-state index is 4.44. The first-order chi connectivity index (χ1) is 8.76. The quantitative estimate of drug-likeness (QED) is 0.836. The van der Waals surface area contributed by atoms with Gasteiger partial charge in [-0.25, -0.2) is 4.98 Å². The fraction of sp³-hybridized carbons (Fsp3) is 0.786. The van der Waals surface area contributed by atoms with Crippen molar-refractivity contribution in [1.82, 2.24) is 19.8 Å². The fourth-order valence-electron chi connectivity index (χ4n) is 2.78. The average Bonchev–Trinajstić information content (AvgIpc) is 2.86. The van der Waals surface area contributed by atoms with Crippen LogP contribution in [0.1, 0.15) is 39.4 Å². The normalized spacial score (nSPS) is 19.5. The van der Waals surface area contributed by atoms with Gasteiger partial charge in [-0.2, -0.15) is 0 Å². The lowest BCUT2D eigenvalue weighted by Crippen LogP contribution is -2.50. The molecule has 0 aromatic carbocycles. The number of imidazole rings is 1. The zero-order valence-electron chi connectivity index (χ0n) is 11.9. The molecule has 18 heavy (non-hydrogen) atoms. The second-order valence-corrected chi connectivity index (χ2v) is 5.22. The molecule has 2 heterocycles. The Morgan fingerprint density at radius 3 is 2.94 bits per heavy atom. The molecule has 0 saturated heterocycles. The summed E-state index contributed by atoms with van der Waals surface area (Å²) in [6.07, 6.45) is 6.39. The largest absolute Gasteiger partial charge is 0.333 e. The van der Waals surface area contributed by atoms with Gasteiger partial charge in [0.25, 0.3) is 0 Å². The summed E-state index contributed by atoms with van der Waals surface area (Å²) < 4.78 is 2.27. The van der Waals surface area contributed by atoms with Gasteiger partial charge in [-0.3, -0.25) is 4.90 Å². The molecule has 0 spiro atoms. The summed E-state index contributed by atoms with van der Waals surface area (Å²) in [5, 5.41) is 3.67. The van der Waals surface area contributed by atoms with Crippen LogP contribution in [0.5, 0.6) is 0 Å². The van der Waals surface area contributed by atoms with Crippen LogP contribution in [0.3, 0.4) is 0 Å². The Morgan fingerprint density at radius 1 is 1.39 bits per heavy atom. The maximum Gasteiger partial charge on any atom is 0.122 e. The van der Waals surface area contributed by atoms with E-state index >= 15 is 0 Å². The van der Waals surface area contributed by atoms with Crippen LogP contribution in [-0.2, 0) is 13.1 Å². The standard InChI is InChI=1S/C14H26N4/c1-4-6-15-13(5-2)12(3)18-10-9-17-8-7-16-14(17)11-18/h7-8,12-13,15H,4-6,9-11H2,1-3H3. The van der Waals surface area contributed by atoms with E-state index in [-0.39, 0.29) is 0 Å². The number of nitrogens with zero attached hydrogens (tertiary/aromatic N) is 3. The third-order valence-electron chi connectivity index (χ3n) is 4.03. The summed E-state index contributed by atoms with van der Waals surface area (Å²) in [6, 6.07) is 1.17. The van der Waals surface area contributed by atoms with E-state index in [9.17, 15) is 0 Å². The van der Waals surface area contributed by atoms with Crippen LogP contribution in [0.15, 0.2) is 12.4 Å². The van der Waals surface area contributed by atoms with E-state index in [4.69, 9.17) is 0 Å². The summed E-state index contributed by atoms with van der Waals surface area (Å²) in [7, 11) is 0. The van der Waals surface area contributed by atoms with E-state index < -0.39 is 0 Å². The highest BCUT2D eigenvalue weighted by molar-refractivity contribution is 4.97. The molecule has 1 aliphatic heterocycles. The van der Waals surface area contributed by atoms with Gasteiger partial charge in [0.2, 0.25) is 0 Å².